The Kier molecular flexibility index (Phi) is 4.62. The van der Waals surface area contributed by atoms with Crippen molar-refractivity contribution in [2.24, 2.45) is 7.05 Å². The van der Waals surface area contributed by atoms with E-state index < -0.39 is 35.8 Å². The van der Waals surface area contributed by atoms with E-state index in [1.165, 1.54) is 11.9 Å². The minimum absolute atomic E-state index is 0.00950. The van der Waals surface area contributed by atoms with E-state index in [9.17, 15) is 32.3 Å². The summed E-state index contributed by atoms with van der Waals surface area (Å²) < 4.78 is 39.4. The van der Waals surface area contributed by atoms with E-state index >= 15 is 0 Å². The summed E-state index contributed by atoms with van der Waals surface area (Å²) in [5.74, 6) is -1.46. The molecule has 0 bridgehead atoms. The number of halogens is 3. The fourth-order valence-electron chi connectivity index (χ4n) is 2.94. The molecule has 1 fully saturated rings. The first kappa shape index (κ1) is 19.1. The second-order valence-electron chi connectivity index (χ2n) is 6.16. The Hall–Kier alpha value is -2.63. The molecule has 1 N–H and O–H groups in total. The van der Waals surface area contributed by atoms with Gasteiger partial charge in [-0.25, -0.2) is 4.79 Å². The predicted octanol–water partition coefficient (Wildman–Crippen LogP) is 0.0908. The van der Waals surface area contributed by atoms with Gasteiger partial charge in [-0.15, -0.1) is 11.3 Å². The summed E-state index contributed by atoms with van der Waals surface area (Å²) >= 11 is 1.05. The lowest BCUT2D eigenvalue weighted by Gasteiger charge is -2.26. The number of thiophene rings is 1. The molecule has 2 amide bonds. The van der Waals surface area contributed by atoms with Gasteiger partial charge >= 0.3 is 23.7 Å². The van der Waals surface area contributed by atoms with Crippen LogP contribution in [-0.4, -0.2) is 45.1 Å². The molecule has 0 saturated carbocycles. The summed E-state index contributed by atoms with van der Waals surface area (Å²) in [6, 6.07) is 0. The molecule has 2 aromatic rings. The minimum Gasteiger partial charge on any atom is -0.346 e. The maximum absolute atomic E-state index is 12.7. The SMILES string of the molecule is Cc1c(CN2CCNC(=O)C2=O)sc2c1c(=O)n(CC(F)(F)F)c(=O)n2C. The fourth-order valence-corrected chi connectivity index (χ4v) is 4.21. The second-order valence-corrected chi connectivity index (χ2v) is 7.24. The number of alkyl halides is 3. The molecule has 0 aliphatic carbocycles. The molecule has 0 radical (unpaired) electrons. The number of nitrogens with one attached hydrogen (secondary N) is 1. The third-order valence-corrected chi connectivity index (χ3v) is 5.68. The van der Waals surface area contributed by atoms with E-state index in [4.69, 9.17) is 0 Å². The zero-order chi connectivity index (χ0) is 20.1. The number of carbonyl (C=O) groups is 2. The highest BCUT2D eigenvalue weighted by Crippen LogP contribution is 2.29. The van der Waals surface area contributed by atoms with Gasteiger partial charge in [-0.1, -0.05) is 0 Å². The zero-order valence-corrected chi connectivity index (χ0v) is 15.2. The van der Waals surface area contributed by atoms with Crippen molar-refractivity contribution in [1.82, 2.24) is 19.4 Å². The molecule has 146 valence electrons. The molecule has 0 unspecified atom stereocenters. The van der Waals surface area contributed by atoms with Crippen LogP contribution >= 0.6 is 11.3 Å². The first-order chi connectivity index (χ1) is 12.5. The van der Waals surface area contributed by atoms with Crippen LogP contribution in [0.15, 0.2) is 9.59 Å². The molecule has 1 saturated heterocycles. The first-order valence-electron chi connectivity index (χ1n) is 7.87. The Balaban J connectivity index is 2.12. The van der Waals surface area contributed by atoms with E-state index in [0.29, 0.717) is 10.4 Å². The molecule has 8 nitrogen and oxygen atoms in total. The molecule has 0 spiro atoms. The first-order valence-corrected chi connectivity index (χ1v) is 8.68. The maximum atomic E-state index is 12.7. The summed E-state index contributed by atoms with van der Waals surface area (Å²) in [6.45, 7) is 0.460. The van der Waals surface area contributed by atoms with E-state index in [0.717, 1.165) is 15.9 Å². The van der Waals surface area contributed by atoms with Crippen LogP contribution in [-0.2, 0) is 29.7 Å². The molecule has 1 aliphatic rings. The predicted molar refractivity (Wildman–Crippen MR) is 90.5 cm³/mol. The summed E-state index contributed by atoms with van der Waals surface area (Å²) in [6.07, 6.45) is -4.72. The lowest BCUT2D eigenvalue weighted by atomic mass is 10.2. The number of aryl methyl sites for hydroxylation is 2. The van der Waals surface area contributed by atoms with Gasteiger partial charge in [-0.2, -0.15) is 13.2 Å². The third kappa shape index (κ3) is 3.36. The van der Waals surface area contributed by atoms with Crippen molar-refractivity contribution in [1.29, 1.82) is 0 Å². The molecule has 1 aliphatic heterocycles. The van der Waals surface area contributed by atoms with Crippen molar-refractivity contribution in [3.63, 3.8) is 0 Å². The number of rotatable bonds is 3. The smallest absolute Gasteiger partial charge is 0.346 e. The number of piperazine rings is 1. The Bertz CT molecular complexity index is 1070. The van der Waals surface area contributed by atoms with E-state index in [1.54, 1.807) is 6.92 Å². The van der Waals surface area contributed by atoms with Gasteiger partial charge in [0.1, 0.15) is 11.4 Å². The Morgan fingerprint density at radius 1 is 1.19 bits per heavy atom. The molecule has 27 heavy (non-hydrogen) atoms. The average Bonchev–Trinajstić information content (AvgIpc) is 2.90. The van der Waals surface area contributed by atoms with Crippen molar-refractivity contribution in [2.45, 2.75) is 26.2 Å². The van der Waals surface area contributed by atoms with Crippen LogP contribution < -0.4 is 16.6 Å². The molecule has 0 aromatic carbocycles. The van der Waals surface area contributed by atoms with Crippen molar-refractivity contribution in [3.8, 4) is 0 Å². The molecule has 2 aromatic heterocycles. The Morgan fingerprint density at radius 3 is 2.48 bits per heavy atom. The van der Waals surface area contributed by atoms with E-state index in [-0.39, 0.29) is 34.4 Å². The molecule has 3 rings (SSSR count). The fraction of sp³-hybridized carbons (Fsp3) is 0.467. The van der Waals surface area contributed by atoms with Crippen LogP contribution in [0.4, 0.5) is 13.2 Å². The summed E-state index contributed by atoms with van der Waals surface area (Å²) in [4.78, 5) is 50.2. The Morgan fingerprint density at radius 2 is 1.85 bits per heavy atom. The van der Waals surface area contributed by atoms with Crippen LogP contribution in [0.2, 0.25) is 0 Å². The van der Waals surface area contributed by atoms with Crippen LogP contribution in [0.5, 0.6) is 0 Å². The average molecular weight is 404 g/mol. The highest BCUT2D eigenvalue weighted by molar-refractivity contribution is 7.18. The lowest BCUT2D eigenvalue weighted by Crippen LogP contribution is -2.51. The summed E-state index contributed by atoms with van der Waals surface area (Å²) in [5.41, 5.74) is -1.69. The van der Waals surface area contributed by atoms with Gasteiger partial charge in [-0.3, -0.25) is 23.5 Å². The van der Waals surface area contributed by atoms with Crippen molar-refractivity contribution >= 4 is 33.4 Å². The number of carbonyl (C=O) groups excluding carboxylic acids is 2. The maximum Gasteiger partial charge on any atom is 0.406 e. The Labute approximate surface area is 153 Å². The van der Waals surface area contributed by atoms with Crippen molar-refractivity contribution in [3.05, 3.63) is 31.3 Å². The van der Waals surface area contributed by atoms with Gasteiger partial charge in [0.05, 0.1) is 11.9 Å². The molecule has 12 heteroatoms. The van der Waals surface area contributed by atoms with Crippen molar-refractivity contribution in [2.75, 3.05) is 13.1 Å². The highest BCUT2D eigenvalue weighted by atomic mass is 32.1. The number of nitrogens with zero attached hydrogens (tertiary/aromatic N) is 3. The van der Waals surface area contributed by atoms with Crippen LogP contribution in [0.1, 0.15) is 10.4 Å². The standard InChI is InChI=1S/C15H15F3N4O4S/c1-7-8(5-21-4-3-19-10(23)12(21)25)27-13-9(7)11(24)22(6-15(16,17)18)14(26)20(13)2/h3-6H2,1-2H3,(H,19,23). The van der Waals surface area contributed by atoms with Gasteiger partial charge in [0.2, 0.25) is 0 Å². The second kappa shape index (κ2) is 6.51. The monoisotopic (exact) mass is 404 g/mol. The van der Waals surface area contributed by atoms with Gasteiger partial charge in [-0.05, 0) is 12.5 Å². The van der Waals surface area contributed by atoms with Gasteiger partial charge < -0.3 is 10.2 Å². The normalized spacial score (nSPS) is 15.5. The number of aromatic nitrogens is 2. The quantitative estimate of drug-likeness (QED) is 0.734. The summed E-state index contributed by atoms with van der Waals surface area (Å²) in [7, 11) is 1.29. The molecular weight excluding hydrogens is 389 g/mol. The van der Waals surface area contributed by atoms with Gasteiger partial charge in [0.25, 0.3) is 5.56 Å². The van der Waals surface area contributed by atoms with Gasteiger partial charge in [0, 0.05) is 25.0 Å². The molecule has 3 heterocycles. The van der Waals surface area contributed by atoms with Crippen LogP contribution in [0.3, 0.4) is 0 Å². The van der Waals surface area contributed by atoms with Crippen molar-refractivity contribution < 1.29 is 22.8 Å². The minimum atomic E-state index is -4.72. The number of hydrogen-bond donors (Lipinski definition) is 1. The van der Waals surface area contributed by atoms with E-state index in [2.05, 4.69) is 5.32 Å². The molecular formula is C15H15F3N4O4S. The lowest BCUT2D eigenvalue weighted by molar-refractivity contribution is -0.148. The largest absolute Gasteiger partial charge is 0.406 e. The number of amides is 2. The summed E-state index contributed by atoms with van der Waals surface area (Å²) in [5, 5.41) is 2.42. The van der Waals surface area contributed by atoms with Crippen LogP contribution in [0, 0.1) is 6.92 Å². The van der Waals surface area contributed by atoms with Gasteiger partial charge in [0.15, 0.2) is 0 Å². The van der Waals surface area contributed by atoms with Crippen LogP contribution in [0.25, 0.3) is 10.2 Å². The van der Waals surface area contributed by atoms with E-state index in [1.807, 2.05) is 0 Å². The molecule has 0 atom stereocenters. The highest BCUT2D eigenvalue weighted by Gasteiger charge is 2.32. The number of hydrogen-bond acceptors (Lipinski definition) is 5. The third-order valence-electron chi connectivity index (χ3n) is 4.33. The topological polar surface area (TPSA) is 93.4 Å². The zero-order valence-electron chi connectivity index (χ0n) is 14.3. The number of fused-ring (bicyclic) bond motifs is 1.